The van der Waals surface area contributed by atoms with Crippen LogP contribution in [0.3, 0.4) is 0 Å². The molecular weight excluding hydrogens is 362 g/mol. The summed E-state index contributed by atoms with van der Waals surface area (Å²) in [5.41, 5.74) is 1.66. The number of nitrogens with one attached hydrogen (secondary N) is 1. The van der Waals surface area contributed by atoms with E-state index in [2.05, 4.69) is 9.97 Å². The number of nitrogens with zero attached hydrogens (tertiary/aromatic N) is 2. The standard InChI is InChI=1S/C20H23N3O3S/c1-3-8-26-16-10-21-13(9-15(16)24)11-23-12(2)22-19-18(20(23)25)14-6-4-5-7-17(14)27-19/h9-10H,3-8,11H2,1-2H3,(H,21,24). The minimum Gasteiger partial charge on any atom is -0.488 e. The summed E-state index contributed by atoms with van der Waals surface area (Å²) in [6.07, 6.45) is 6.72. The molecule has 142 valence electrons. The second kappa shape index (κ2) is 7.31. The molecule has 0 aliphatic heterocycles. The molecule has 3 aromatic rings. The van der Waals surface area contributed by atoms with E-state index in [1.807, 2.05) is 13.8 Å². The Morgan fingerprint density at radius 3 is 2.89 bits per heavy atom. The Hall–Kier alpha value is -2.41. The number of aryl methyl sites for hydroxylation is 3. The molecule has 1 aliphatic rings. The predicted molar refractivity (Wildman–Crippen MR) is 107 cm³/mol. The molecule has 0 radical (unpaired) electrons. The summed E-state index contributed by atoms with van der Waals surface area (Å²) >= 11 is 1.66. The van der Waals surface area contributed by atoms with Crippen LogP contribution in [-0.4, -0.2) is 21.1 Å². The average molecular weight is 385 g/mol. The van der Waals surface area contributed by atoms with Crippen LogP contribution in [0.15, 0.2) is 21.9 Å². The number of hydrogen-bond donors (Lipinski definition) is 1. The van der Waals surface area contributed by atoms with Crippen molar-refractivity contribution < 1.29 is 4.74 Å². The highest BCUT2D eigenvalue weighted by Gasteiger charge is 2.21. The van der Waals surface area contributed by atoms with Crippen LogP contribution in [0.4, 0.5) is 0 Å². The van der Waals surface area contributed by atoms with Crippen LogP contribution in [0.25, 0.3) is 10.2 Å². The normalized spacial score (nSPS) is 13.7. The maximum absolute atomic E-state index is 13.2. The van der Waals surface area contributed by atoms with Gasteiger partial charge in [-0.3, -0.25) is 14.2 Å². The highest BCUT2D eigenvalue weighted by Crippen LogP contribution is 2.33. The van der Waals surface area contributed by atoms with E-state index in [4.69, 9.17) is 4.74 Å². The van der Waals surface area contributed by atoms with Crippen molar-refractivity contribution in [2.45, 2.75) is 52.5 Å². The second-order valence-corrected chi connectivity index (χ2v) is 8.06. The van der Waals surface area contributed by atoms with Crippen LogP contribution in [-0.2, 0) is 19.4 Å². The highest BCUT2D eigenvalue weighted by atomic mass is 32.1. The van der Waals surface area contributed by atoms with Crippen molar-refractivity contribution in [3.63, 3.8) is 0 Å². The summed E-state index contributed by atoms with van der Waals surface area (Å²) in [6.45, 7) is 4.63. The Morgan fingerprint density at radius 2 is 2.11 bits per heavy atom. The molecule has 4 rings (SSSR count). The van der Waals surface area contributed by atoms with Crippen molar-refractivity contribution in [2.24, 2.45) is 0 Å². The van der Waals surface area contributed by atoms with Gasteiger partial charge < -0.3 is 9.72 Å². The molecule has 0 bridgehead atoms. The third kappa shape index (κ3) is 3.32. The lowest BCUT2D eigenvalue weighted by Gasteiger charge is -2.12. The zero-order valence-corrected chi connectivity index (χ0v) is 16.4. The average Bonchev–Trinajstić information content (AvgIpc) is 3.02. The zero-order chi connectivity index (χ0) is 19.0. The molecule has 0 saturated carbocycles. The molecule has 0 aromatic carbocycles. The number of rotatable bonds is 5. The van der Waals surface area contributed by atoms with E-state index in [-0.39, 0.29) is 11.0 Å². The van der Waals surface area contributed by atoms with Gasteiger partial charge in [0.05, 0.1) is 18.5 Å². The van der Waals surface area contributed by atoms with Crippen LogP contribution in [0.5, 0.6) is 5.75 Å². The van der Waals surface area contributed by atoms with Crippen LogP contribution in [0, 0.1) is 6.92 Å². The van der Waals surface area contributed by atoms with Crippen molar-refractivity contribution in [2.75, 3.05) is 6.61 Å². The molecule has 7 heteroatoms. The van der Waals surface area contributed by atoms with Crippen molar-refractivity contribution in [3.05, 3.63) is 54.8 Å². The molecule has 6 nitrogen and oxygen atoms in total. The summed E-state index contributed by atoms with van der Waals surface area (Å²) in [5.74, 6) is 0.975. The van der Waals surface area contributed by atoms with Gasteiger partial charge in [0.1, 0.15) is 10.7 Å². The summed E-state index contributed by atoms with van der Waals surface area (Å²) in [4.78, 5) is 35.3. The first-order valence-electron chi connectivity index (χ1n) is 9.44. The van der Waals surface area contributed by atoms with Gasteiger partial charge >= 0.3 is 0 Å². The predicted octanol–water partition coefficient (Wildman–Crippen LogP) is 3.17. The van der Waals surface area contributed by atoms with Crippen molar-refractivity contribution in [1.29, 1.82) is 0 Å². The van der Waals surface area contributed by atoms with Gasteiger partial charge in [0.25, 0.3) is 5.56 Å². The van der Waals surface area contributed by atoms with E-state index in [1.54, 1.807) is 22.1 Å². The van der Waals surface area contributed by atoms with Gasteiger partial charge in [-0.25, -0.2) is 4.98 Å². The molecule has 27 heavy (non-hydrogen) atoms. The molecule has 0 saturated heterocycles. The van der Waals surface area contributed by atoms with E-state index < -0.39 is 0 Å². The number of hydrogen-bond acceptors (Lipinski definition) is 5. The van der Waals surface area contributed by atoms with Gasteiger partial charge in [-0.15, -0.1) is 11.3 Å². The maximum Gasteiger partial charge on any atom is 0.262 e. The van der Waals surface area contributed by atoms with E-state index in [0.717, 1.165) is 35.9 Å². The zero-order valence-electron chi connectivity index (χ0n) is 15.6. The fourth-order valence-corrected chi connectivity index (χ4v) is 4.91. The van der Waals surface area contributed by atoms with E-state index >= 15 is 0 Å². The molecule has 0 amide bonds. The van der Waals surface area contributed by atoms with Crippen LogP contribution in [0.2, 0.25) is 0 Å². The number of aromatic amines is 1. The Labute approximate surface area is 160 Å². The van der Waals surface area contributed by atoms with Gasteiger partial charge in [0.15, 0.2) is 5.75 Å². The van der Waals surface area contributed by atoms with Gasteiger partial charge in [0, 0.05) is 22.8 Å². The first-order chi connectivity index (χ1) is 13.1. The van der Waals surface area contributed by atoms with Crippen molar-refractivity contribution in [1.82, 2.24) is 14.5 Å². The number of pyridine rings is 1. The van der Waals surface area contributed by atoms with Gasteiger partial charge in [-0.05, 0) is 44.6 Å². The third-order valence-corrected chi connectivity index (χ3v) is 6.18. The minimum atomic E-state index is -0.176. The monoisotopic (exact) mass is 385 g/mol. The first-order valence-corrected chi connectivity index (χ1v) is 10.3. The fraction of sp³-hybridized carbons (Fsp3) is 0.450. The smallest absolute Gasteiger partial charge is 0.262 e. The van der Waals surface area contributed by atoms with E-state index in [9.17, 15) is 9.59 Å². The lowest BCUT2D eigenvalue weighted by atomic mass is 9.97. The Morgan fingerprint density at radius 1 is 1.30 bits per heavy atom. The summed E-state index contributed by atoms with van der Waals surface area (Å²) in [7, 11) is 0. The number of fused-ring (bicyclic) bond motifs is 3. The van der Waals surface area contributed by atoms with Gasteiger partial charge in [0.2, 0.25) is 5.43 Å². The Kier molecular flexibility index (Phi) is 4.86. The van der Waals surface area contributed by atoms with Crippen molar-refractivity contribution in [3.8, 4) is 5.75 Å². The molecule has 0 fully saturated rings. The molecular formula is C20H23N3O3S. The molecule has 1 aliphatic carbocycles. The number of aromatic nitrogens is 3. The van der Waals surface area contributed by atoms with Gasteiger partial charge in [-0.1, -0.05) is 6.92 Å². The summed E-state index contributed by atoms with van der Waals surface area (Å²) in [6, 6.07) is 1.50. The van der Waals surface area contributed by atoms with Crippen LogP contribution >= 0.6 is 11.3 Å². The summed E-state index contributed by atoms with van der Waals surface area (Å²) in [5, 5.41) is 0.769. The first kappa shape index (κ1) is 18.0. The van der Waals surface area contributed by atoms with Crippen LogP contribution in [0.1, 0.15) is 48.1 Å². The van der Waals surface area contributed by atoms with E-state index in [0.29, 0.717) is 30.4 Å². The largest absolute Gasteiger partial charge is 0.488 e. The lowest BCUT2D eigenvalue weighted by Crippen LogP contribution is -2.25. The number of ether oxygens (including phenoxy) is 1. The Bertz CT molecular complexity index is 1110. The molecule has 0 atom stereocenters. The lowest BCUT2D eigenvalue weighted by molar-refractivity contribution is 0.313. The maximum atomic E-state index is 13.2. The topological polar surface area (TPSA) is 77.0 Å². The highest BCUT2D eigenvalue weighted by molar-refractivity contribution is 7.18. The minimum absolute atomic E-state index is 0.0101. The second-order valence-electron chi connectivity index (χ2n) is 6.98. The fourth-order valence-electron chi connectivity index (χ4n) is 3.61. The van der Waals surface area contributed by atoms with Crippen LogP contribution < -0.4 is 15.7 Å². The van der Waals surface area contributed by atoms with Gasteiger partial charge in [-0.2, -0.15) is 0 Å². The molecule has 3 aromatic heterocycles. The molecule has 0 spiro atoms. The third-order valence-electron chi connectivity index (χ3n) is 4.99. The quantitative estimate of drug-likeness (QED) is 0.732. The molecule has 1 N–H and O–H groups in total. The SMILES string of the molecule is CCCOc1c[nH]c(Cn2c(C)nc3sc4c(c3c2=O)CCCC4)cc1=O. The summed E-state index contributed by atoms with van der Waals surface area (Å²) < 4.78 is 7.08. The van der Waals surface area contributed by atoms with E-state index in [1.165, 1.54) is 22.9 Å². The molecule has 0 unspecified atom stereocenters. The van der Waals surface area contributed by atoms with Crippen molar-refractivity contribution >= 4 is 21.6 Å². The number of H-pyrrole nitrogens is 1. The Balaban J connectivity index is 1.73. The molecule has 3 heterocycles. The number of thiophene rings is 1.